The summed E-state index contributed by atoms with van der Waals surface area (Å²) >= 11 is 0. The lowest BCUT2D eigenvalue weighted by molar-refractivity contribution is 0.178. The zero-order valence-corrected chi connectivity index (χ0v) is 13.9. The summed E-state index contributed by atoms with van der Waals surface area (Å²) in [6.45, 7) is 9.05. The molecule has 2 atom stereocenters. The maximum Gasteiger partial charge on any atom is 0.119 e. The number of nitrogens with two attached hydrogens (primary N) is 1. The first kappa shape index (κ1) is 16.3. The van der Waals surface area contributed by atoms with Crippen LogP contribution in [-0.2, 0) is 0 Å². The van der Waals surface area contributed by atoms with Crippen molar-refractivity contribution in [3.63, 3.8) is 0 Å². The molecule has 0 aliphatic carbocycles. The number of hydrogen-bond acceptors (Lipinski definition) is 3. The Morgan fingerprint density at radius 3 is 2.57 bits per heavy atom. The average molecular weight is 290 g/mol. The largest absolute Gasteiger partial charge is 0.497 e. The molecule has 118 valence electrons. The van der Waals surface area contributed by atoms with Crippen LogP contribution in [0.1, 0.15) is 51.6 Å². The monoisotopic (exact) mass is 290 g/mol. The van der Waals surface area contributed by atoms with Gasteiger partial charge in [0.25, 0.3) is 0 Å². The lowest BCUT2D eigenvalue weighted by Crippen LogP contribution is -2.39. The van der Waals surface area contributed by atoms with E-state index < -0.39 is 0 Å². The van der Waals surface area contributed by atoms with Gasteiger partial charge in [0.15, 0.2) is 0 Å². The van der Waals surface area contributed by atoms with Gasteiger partial charge in [-0.25, -0.2) is 0 Å². The highest BCUT2D eigenvalue weighted by Gasteiger charge is 2.39. The van der Waals surface area contributed by atoms with Crippen LogP contribution in [0.3, 0.4) is 0 Å². The molecule has 1 aromatic rings. The van der Waals surface area contributed by atoms with E-state index in [9.17, 15) is 0 Å². The topological polar surface area (TPSA) is 38.5 Å². The van der Waals surface area contributed by atoms with Gasteiger partial charge in [-0.2, -0.15) is 0 Å². The number of likely N-dealkylation sites (tertiary alicyclic amines) is 1. The summed E-state index contributed by atoms with van der Waals surface area (Å²) in [6, 6.07) is 8.75. The summed E-state index contributed by atoms with van der Waals surface area (Å²) in [7, 11) is 1.72. The van der Waals surface area contributed by atoms with E-state index in [1.165, 1.54) is 24.8 Å². The number of ether oxygens (including phenoxy) is 1. The van der Waals surface area contributed by atoms with Gasteiger partial charge in [0, 0.05) is 18.6 Å². The SMILES string of the molecule is CCC1(CC)CCN(C(c2cccc(OC)c2)C(C)N)C1. The van der Waals surface area contributed by atoms with Gasteiger partial charge in [0.05, 0.1) is 7.11 Å². The van der Waals surface area contributed by atoms with E-state index in [1.807, 2.05) is 6.07 Å². The van der Waals surface area contributed by atoms with Gasteiger partial charge in [-0.1, -0.05) is 26.0 Å². The van der Waals surface area contributed by atoms with Crippen molar-refractivity contribution >= 4 is 0 Å². The Balaban J connectivity index is 2.24. The molecule has 3 nitrogen and oxygen atoms in total. The quantitative estimate of drug-likeness (QED) is 0.870. The van der Waals surface area contributed by atoms with Gasteiger partial charge < -0.3 is 10.5 Å². The van der Waals surface area contributed by atoms with Crippen LogP contribution >= 0.6 is 0 Å². The molecule has 1 aromatic carbocycles. The van der Waals surface area contributed by atoms with E-state index in [2.05, 4.69) is 43.9 Å². The number of rotatable bonds is 6. The summed E-state index contributed by atoms with van der Waals surface area (Å²) in [5.74, 6) is 0.912. The summed E-state index contributed by atoms with van der Waals surface area (Å²) in [4.78, 5) is 2.58. The predicted octanol–water partition coefficient (Wildman–Crippen LogP) is 3.60. The molecule has 0 bridgehead atoms. The number of benzene rings is 1. The second-order valence-corrected chi connectivity index (χ2v) is 6.51. The van der Waals surface area contributed by atoms with E-state index in [4.69, 9.17) is 10.5 Å². The highest BCUT2D eigenvalue weighted by molar-refractivity contribution is 5.31. The van der Waals surface area contributed by atoms with Crippen molar-refractivity contribution in [1.29, 1.82) is 0 Å². The Hall–Kier alpha value is -1.06. The summed E-state index contributed by atoms with van der Waals surface area (Å²) in [5, 5.41) is 0. The maximum absolute atomic E-state index is 6.33. The van der Waals surface area contributed by atoms with Crippen LogP contribution in [0.25, 0.3) is 0 Å². The van der Waals surface area contributed by atoms with Crippen molar-refractivity contribution in [2.75, 3.05) is 20.2 Å². The molecule has 0 radical (unpaired) electrons. The van der Waals surface area contributed by atoms with Crippen molar-refractivity contribution in [3.8, 4) is 5.75 Å². The van der Waals surface area contributed by atoms with Crippen LogP contribution in [0.2, 0.25) is 0 Å². The molecule has 0 spiro atoms. The van der Waals surface area contributed by atoms with Gasteiger partial charge in [-0.05, 0) is 55.8 Å². The molecule has 1 aliphatic rings. The molecule has 0 amide bonds. The van der Waals surface area contributed by atoms with E-state index in [-0.39, 0.29) is 12.1 Å². The third kappa shape index (κ3) is 3.41. The van der Waals surface area contributed by atoms with E-state index in [0.717, 1.165) is 18.8 Å². The van der Waals surface area contributed by atoms with Gasteiger partial charge in [-0.15, -0.1) is 0 Å². The molecule has 2 N–H and O–H groups in total. The first-order valence-corrected chi connectivity index (χ1v) is 8.19. The molecule has 1 aliphatic heterocycles. The van der Waals surface area contributed by atoms with Crippen molar-refractivity contribution in [3.05, 3.63) is 29.8 Å². The van der Waals surface area contributed by atoms with Crippen LogP contribution in [0, 0.1) is 5.41 Å². The number of nitrogens with zero attached hydrogens (tertiary/aromatic N) is 1. The van der Waals surface area contributed by atoms with Gasteiger partial charge in [0.1, 0.15) is 5.75 Å². The minimum atomic E-state index is 0.113. The molecule has 21 heavy (non-hydrogen) atoms. The minimum absolute atomic E-state index is 0.113. The van der Waals surface area contributed by atoms with Crippen molar-refractivity contribution < 1.29 is 4.74 Å². The van der Waals surface area contributed by atoms with Gasteiger partial charge in [0.2, 0.25) is 0 Å². The molecule has 3 heteroatoms. The standard InChI is InChI=1S/C18H30N2O/c1-5-18(6-2)10-11-20(13-18)17(14(3)19)15-8-7-9-16(12-15)21-4/h7-9,12,14,17H,5-6,10-11,13,19H2,1-4H3. The van der Waals surface area contributed by atoms with Crippen LogP contribution in [0.5, 0.6) is 5.75 Å². The fourth-order valence-corrected chi connectivity index (χ4v) is 3.71. The van der Waals surface area contributed by atoms with Crippen molar-refractivity contribution in [2.24, 2.45) is 11.1 Å². The van der Waals surface area contributed by atoms with Crippen LogP contribution < -0.4 is 10.5 Å². The van der Waals surface area contributed by atoms with Crippen molar-refractivity contribution in [1.82, 2.24) is 4.90 Å². The predicted molar refractivity (Wildman–Crippen MR) is 88.6 cm³/mol. The minimum Gasteiger partial charge on any atom is -0.497 e. The van der Waals surface area contributed by atoms with E-state index in [0.29, 0.717) is 5.41 Å². The molecule has 1 fully saturated rings. The van der Waals surface area contributed by atoms with Gasteiger partial charge >= 0.3 is 0 Å². The Bertz CT molecular complexity index is 454. The molecule has 1 saturated heterocycles. The first-order chi connectivity index (χ1) is 10.0. The summed E-state index contributed by atoms with van der Waals surface area (Å²) in [5.41, 5.74) is 8.08. The third-order valence-corrected chi connectivity index (χ3v) is 5.29. The molecular weight excluding hydrogens is 260 g/mol. The molecule has 1 heterocycles. The highest BCUT2D eigenvalue weighted by atomic mass is 16.5. The smallest absolute Gasteiger partial charge is 0.119 e. The summed E-state index contributed by atoms with van der Waals surface area (Å²) < 4.78 is 5.37. The van der Waals surface area contributed by atoms with Crippen LogP contribution in [0.15, 0.2) is 24.3 Å². The van der Waals surface area contributed by atoms with Crippen molar-refractivity contribution in [2.45, 2.75) is 52.1 Å². The molecule has 0 saturated carbocycles. The molecule has 0 aromatic heterocycles. The maximum atomic E-state index is 6.33. The lowest BCUT2D eigenvalue weighted by Gasteiger charge is -2.34. The Morgan fingerprint density at radius 1 is 1.33 bits per heavy atom. The second-order valence-electron chi connectivity index (χ2n) is 6.51. The highest BCUT2D eigenvalue weighted by Crippen LogP contribution is 2.41. The zero-order valence-electron chi connectivity index (χ0n) is 13.9. The van der Waals surface area contributed by atoms with Crippen LogP contribution in [0.4, 0.5) is 0 Å². The van der Waals surface area contributed by atoms with E-state index in [1.54, 1.807) is 7.11 Å². The Labute approximate surface area is 129 Å². The molecule has 2 rings (SSSR count). The first-order valence-electron chi connectivity index (χ1n) is 8.19. The second kappa shape index (κ2) is 6.80. The average Bonchev–Trinajstić information content (AvgIpc) is 2.92. The Kier molecular flexibility index (Phi) is 5.28. The van der Waals surface area contributed by atoms with E-state index >= 15 is 0 Å². The molecular formula is C18H30N2O. The summed E-state index contributed by atoms with van der Waals surface area (Å²) in [6.07, 6.45) is 3.79. The number of methoxy groups -OCH3 is 1. The fourth-order valence-electron chi connectivity index (χ4n) is 3.71. The van der Waals surface area contributed by atoms with Crippen LogP contribution in [-0.4, -0.2) is 31.1 Å². The normalized spacial score (nSPS) is 21.2. The number of hydrogen-bond donors (Lipinski definition) is 1. The zero-order chi connectivity index (χ0) is 15.5. The van der Waals surface area contributed by atoms with Gasteiger partial charge in [-0.3, -0.25) is 4.90 Å². The fraction of sp³-hybridized carbons (Fsp3) is 0.667. The Morgan fingerprint density at radius 2 is 2.05 bits per heavy atom. The molecule has 2 unspecified atom stereocenters. The third-order valence-electron chi connectivity index (χ3n) is 5.29. The lowest BCUT2D eigenvalue weighted by atomic mass is 9.82.